The molecular formula is C25H28N4O3. The first-order chi connectivity index (χ1) is 15.5. The SMILES string of the molecule is CNc1nccc2c(OC(C)C(=O)N3CCN(C(=O)c4ccccc4)C[C@H]3C)cccc12. The zero-order chi connectivity index (χ0) is 22.7. The van der Waals surface area contributed by atoms with E-state index >= 15 is 0 Å². The van der Waals surface area contributed by atoms with Crippen LogP contribution in [0.25, 0.3) is 10.8 Å². The average molecular weight is 433 g/mol. The minimum absolute atomic E-state index is 0.00134. The van der Waals surface area contributed by atoms with E-state index < -0.39 is 6.10 Å². The van der Waals surface area contributed by atoms with Gasteiger partial charge in [-0.05, 0) is 38.1 Å². The Morgan fingerprint density at radius 3 is 2.56 bits per heavy atom. The number of carbonyl (C=O) groups excluding carboxylic acids is 2. The number of ether oxygens (including phenoxy) is 1. The van der Waals surface area contributed by atoms with E-state index in [1.807, 2.05) is 78.4 Å². The van der Waals surface area contributed by atoms with Crippen LogP contribution < -0.4 is 10.1 Å². The Morgan fingerprint density at radius 2 is 1.84 bits per heavy atom. The predicted octanol–water partition coefficient (Wildman–Crippen LogP) is 3.42. The summed E-state index contributed by atoms with van der Waals surface area (Å²) in [5, 5.41) is 4.92. The molecule has 2 amide bonds. The van der Waals surface area contributed by atoms with Crippen LogP contribution in [0.2, 0.25) is 0 Å². The fourth-order valence-electron chi connectivity index (χ4n) is 4.19. The van der Waals surface area contributed by atoms with Crippen molar-refractivity contribution in [3.8, 4) is 5.75 Å². The molecule has 2 heterocycles. The van der Waals surface area contributed by atoms with Crippen molar-refractivity contribution in [3.63, 3.8) is 0 Å². The van der Waals surface area contributed by atoms with E-state index in [-0.39, 0.29) is 17.9 Å². The molecule has 2 aromatic carbocycles. The van der Waals surface area contributed by atoms with Gasteiger partial charge in [-0.3, -0.25) is 9.59 Å². The molecule has 7 heteroatoms. The van der Waals surface area contributed by atoms with Crippen LogP contribution in [0.1, 0.15) is 24.2 Å². The van der Waals surface area contributed by atoms with Gasteiger partial charge in [-0.1, -0.05) is 30.3 Å². The Labute approximate surface area is 188 Å². The summed E-state index contributed by atoms with van der Waals surface area (Å²) >= 11 is 0. The molecule has 0 saturated carbocycles. The second kappa shape index (κ2) is 9.26. The predicted molar refractivity (Wildman–Crippen MR) is 125 cm³/mol. The molecule has 1 aromatic heterocycles. The standard InChI is InChI=1S/C25H28N4O3/c1-17-16-28(25(31)19-8-5-4-6-9-19)14-15-29(17)24(30)18(2)32-22-11-7-10-21-20(22)12-13-27-23(21)26-3/h4-13,17-18H,14-16H2,1-3H3,(H,26,27)/t17-,18?/m1/s1. The molecule has 2 atom stereocenters. The van der Waals surface area contributed by atoms with E-state index in [1.165, 1.54) is 0 Å². The van der Waals surface area contributed by atoms with Crippen LogP contribution in [-0.4, -0.2) is 65.4 Å². The third kappa shape index (κ3) is 4.23. The maximum absolute atomic E-state index is 13.2. The molecule has 166 valence electrons. The summed E-state index contributed by atoms with van der Waals surface area (Å²) in [6.07, 6.45) is 1.07. The number of pyridine rings is 1. The van der Waals surface area contributed by atoms with Gasteiger partial charge in [-0.25, -0.2) is 4.98 Å². The van der Waals surface area contributed by atoms with Gasteiger partial charge in [-0.2, -0.15) is 0 Å². The first-order valence-corrected chi connectivity index (χ1v) is 10.9. The van der Waals surface area contributed by atoms with Crippen molar-refractivity contribution in [1.82, 2.24) is 14.8 Å². The third-order valence-corrected chi connectivity index (χ3v) is 5.87. The highest BCUT2D eigenvalue weighted by Crippen LogP contribution is 2.30. The van der Waals surface area contributed by atoms with Crippen LogP contribution in [0.4, 0.5) is 5.82 Å². The largest absolute Gasteiger partial charge is 0.480 e. The molecule has 0 aliphatic carbocycles. The molecule has 0 radical (unpaired) electrons. The molecule has 0 bridgehead atoms. The molecule has 1 aliphatic rings. The highest BCUT2D eigenvalue weighted by atomic mass is 16.5. The zero-order valence-corrected chi connectivity index (χ0v) is 18.6. The number of nitrogens with one attached hydrogen (secondary N) is 1. The Balaban J connectivity index is 1.44. The lowest BCUT2D eigenvalue weighted by molar-refractivity contribution is -0.142. The molecule has 0 spiro atoms. The van der Waals surface area contributed by atoms with E-state index in [0.717, 1.165) is 16.6 Å². The van der Waals surface area contributed by atoms with Crippen molar-refractivity contribution >= 4 is 28.4 Å². The van der Waals surface area contributed by atoms with Crippen molar-refractivity contribution in [2.24, 2.45) is 0 Å². The monoisotopic (exact) mass is 432 g/mol. The van der Waals surface area contributed by atoms with Crippen molar-refractivity contribution in [2.75, 3.05) is 32.0 Å². The van der Waals surface area contributed by atoms with E-state index in [0.29, 0.717) is 30.9 Å². The molecule has 4 rings (SSSR count). The number of aromatic nitrogens is 1. The van der Waals surface area contributed by atoms with Crippen LogP contribution in [0.5, 0.6) is 5.75 Å². The molecular weight excluding hydrogens is 404 g/mol. The lowest BCUT2D eigenvalue weighted by Crippen LogP contribution is -2.57. The van der Waals surface area contributed by atoms with Gasteiger partial charge >= 0.3 is 0 Å². The van der Waals surface area contributed by atoms with Gasteiger partial charge in [0.1, 0.15) is 11.6 Å². The summed E-state index contributed by atoms with van der Waals surface area (Å²) in [7, 11) is 1.82. The van der Waals surface area contributed by atoms with Gasteiger partial charge in [0, 0.05) is 55.3 Å². The summed E-state index contributed by atoms with van der Waals surface area (Å²) in [5.74, 6) is 1.33. The van der Waals surface area contributed by atoms with Gasteiger partial charge in [-0.15, -0.1) is 0 Å². The molecule has 32 heavy (non-hydrogen) atoms. The van der Waals surface area contributed by atoms with Gasteiger partial charge < -0.3 is 19.9 Å². The smallest absolute Gasteiger partial charge is 0.263 e. The molecule has 1 saturated heterocycles. The van der Waals surface area contributed by atoms with Gasteiger partial charge in [0.2, 0.25) is 0 Å². The third-order valence-electron chi connectivity index (χ3n) is 5.87. The van der Waals surface area contributed by atoms with Crippen LogP contribution in [-0.2, 0) is 4.79 Å². The van der Waals surface area contributed by atoms with E-state index in [9.17, 15) is 9.59 Å². The first kappa shape index (κ1) is 21.6. The van der Waals surface area contributed by atoms with E-state index in [4.69, 9.17) is 4.74 Å². The molecule has 3 aromatic rings. The van der Waals surface area contributed by atoms with Crippen molar-refractivity contribution in [1.29, 1.82) is 0 Å². The molecule has 1 fully saturated rings. The topological polar surface area (TPSA) is 74.8 Å². The van der Waals surface area contributed by atoms with Crippen LogP contribution in [0.3, 0.4) is 0 Å². The van der Waals surface area contributed by atoms with Crippen LogP contribution >= 0.6 is 0 Å². The van der Waals surface area contributed by atoms with Gasteiger partial charge in [0.25, 0.3) is 11.8 Å². The number of rotatable bonds is 5. The van der Waals surface area contributed by atoms with Gasteiger partial charge in [0.05, 0.1) is 0 Å². The lowest BCUT2D eigenvalue weighted by Gasteiger charge is -2.40. The van der Waals surface area contributed by atoms with E-state index in [1.54, 1.807) is 13.1 Å². The number of piperazine rings is 1. The highest BCUT2D eigenvalue weighted by molar-refractivity contribution is 5.96. The summed E-state index contributed by atoms with van der Waals surface area (Å²) in [5.41, 5.74) is 0.669. The number of benzene rings is 2. The summed E-state index contributed by atoms with van der Waals surface area (Å²) < 4.78 is 6.11. The van der Waals surface area contributed by atoms with Crippen LogP contribution in [0, 0.1) is 0 Å². The average Bonchev–Trinajstić information content (AvgIpc) is 2.83. The van der Waals surface area contributed by atoms with E-state index in [2.05, 4.69) is 10.3 Å². The van der Waals surface area contributed by atoms with Crippen molar-refractivity contribution in [2.45, 2.75) is 26.0 Å². The number of hydrogen-bond donors (Lipinski definition) is 1. The van der Waals surface area contributed by atoms with Crippen molar-refractivity contribution < 1.29 is 14.3 Å². The lowest BCUT2D eigenvalue weighted by atomic mass is 10.1. The minimum Gasteiger partial charge on any atom is -0.480 e. The number of fused-ring (bicyclic) bond motifs is 1. The minimum atomic E-state index is -0.648. The number of amides is 2. The Hall–Kier alpha value is -3.61. The summed E-state index contributed by atoms with van der Waals surface area (Å²) in [6, 6.07) is 16.8. The van der Waals surface area contributed by atoms with Crippen molar-refractivity contribution in [3.05, 3.63) is 66.4 Å². The fourth-order valence-corrected chi connectivity index (χ4v) is 4.19. The summed E-state index contributed by atoms with van der Waals surface area (Å²) in [6.45, 7) is 5.22. The quantitative estimate of drug-likeness (QED) is 0.669. The Morgan fingerprint density at radius 1 is 1.06 bits per heavy atom. The number of nitrogens with zero attached hydrogens (tertiary/aromatic N) is 3. The van der Waals surface area contributed by atoms with Crippen LogP contribution in [0.15, 0.2) is 60.8 Å². The zero-order valence-electron chi connectivity index (χ0n) is 18.6. The maximum atomic E-state index is 13.2. The molecule has 7 nitrogen and oxygen atoms in total. The van der Waals surface area contributed by atoms with Gasteiger partial charge in [0.15, 0.2) is 6.10 Å². The fraction of sp³-hybridized carbons (Fsp3) is 0.320. The number of carbonyl (C=O) groups is 2. The summed E-state index contributed by atoms with van der Waals surface area (Å²) in [4.78, 5) is 33.9. The molecule has 1 aliphatic heterocycles. The Bertz CT molecular complexity index is 1120. The second-order valence-electron chi connectivity index (χ2n) is 8.02. The molecule has 1 unspecified atom stereocenters. The number of anilines is 1. The number of hydrogen-bond acceptors (Lipinski definition) is 5. The highest BCUT2D eigenvalue weighted by Gasteiger charge is 2.33. The molecule has 1 N–H and O–H groups in total. The first-order valence-electron chi connectivity index (χ1n) is 10.9. The normalized spacial score (nSPS) is 17.2. The second-order valence-corrected chi connectivity index (χ2v) is 8.02. The maximum Gasteiger partial charge on any atom is 0.263 e. The Kier molecular flexibility index (Phi) is 6.25.